The molecule has 19 heavy (non-hydrogen) atoms. The summed E-state index contributed by atoms with van der Waals surface area (Å²) in [5, 5.41) is 5.70. The van der Waals surface area contributed by atoms with Crippen molar-refractivity contribution in [2.45, 2.75) is 31.3 Å². The second kappa shape index (κ2) is 5.72. The molecule has 0 fully saturated rings. The minimum absolute atomic E-state index is 0.238. The van der Waals surface area contributed by atoms with Gasteiger partial charge in [-0.1, -0.05) is 0 Å². The molecule has 7 heteroatoms. The molecule has 0 radical (unpaired) electrons. The zero-order chi connectivity index (χ0) is 14.0. The van der Waals surface area contributed by atoms with Crippen LogP contribution < -0.4 is 10.5 Å². The first-order valence-electron chi connectivity index (χ1n) is 5.77. The highest BCUT2D eigenvalue weighted by molar-refractivity contribution is 7.89. The average Bonchev–Trinajstić information content (AvgIpc) is 2.96. The second-order valence-electron chi connectivity index (χ2n) is 4.27. The molecule has 1 atom stereocenters. The summed E-state index contributed by atoms with van der Waals surface area (Å²) >= 11 is 2.93. The van der Waals surface area contributed by atoms with Crippen molar-refractivity contribution in [1.82, 2.24) is 4.72 Å². The topological polar surface area (TPSA) is 72.2 Å². The highest BCUT2D eigenvalue weighted by Gasteiger charge is 2.24. The van der Waals surface area contributed by atoms with Gasteiger partial charge in [-0.15, -0.1) is 11.3 Å². The van der Waals surface area contributed by atoms with E-state index in [1.54, 1.807) is 18.3 Å². The maximum absolute atomic E-state index is 12.4. The molecule has 2 rings (SSSR count). The fourth-order valence-corrected chi connectivity index (χ4v) is 5.56. The number of sulfonamides is 1. The van der Waals surface area contributed by atoms with E-state index in [9.17, 15) is 8.42 Å². The van der Waals surface area contributed by atoms with Crippen molar-refractivity contribution in [2.75, 3.05) is 0 Å². The van der Waals surface area contributed by atoms with Crippen molar-refractivity contribution in [1.29, 1.82) is 0 Å². The molecule has 0 aromatic carbocycles. The van der Waals surface area contributed by atoms with Crippen LogP contribution in [0.4, 0.5) is 0 Å². The molecule has 0 amide bonds. The molecule has 0 aliphatic heterocycles. The Morgan fingerprint density at radius 2 is 2.16 bits per heavy atom. The molecule has 0 saturated heterocycles. The highest BCUT2D eigenvalue weighted by atomic mass is 32.2. The van der Waals surface area contributed by atoms with Crippen LogP contribution in [0.25, 0.3) is 0 Å². The Balaban J connectivity index is 2.30. The minimum atomic E-state index is -3.53. The van der Waals surface area contributed by atoms with Crippen molar-refractivity contribution < 1.29 is 8.42 Å². The molecule has 0 saturated carbocycles. The zero-order valence-corrected chi connectivity index (χ0v) is 13.2. The largest absolute Gasteiger partial charge is 0.326 e. The summed E-state index contributed by atoms with van der Waals surface area (Å²) in [6.45, 7) is 3.87. The van der Waals surface area contributed by atoms with Crippen LogP contribution in [0.3, 0.4) is 0 Å². The van der Waals surface area contributed by atoms with Crippen LogP contribution in [-0.4, -0.2) is 8.42 Å². The summed E-state index contributed by atoms with van der Waals surface area (Å²) in [6.07, 6.45) is 0. The van der Waals surface area contributed by atoms with Gasteiger partial charge in [0.25, 0.3) is 0 Å². The smallest absolute Gasteiger partial charge is 0.242 e. The fourth-order valence-electron chi connectivity index (χ4n) is 1.87. The van der Waals surface area contributed by atoms with Crippen LogP contribution in [0.15, 0.2) is 27.1 Å². The van der Waals surface area contributed by atoms with Crippen molar-refractivity contribution in [3.8, 4) is 0 Å². The van der Waals surface area contributed by atoms with Crippen molar-refractivity contribution >= 4 is 32.7 Å². The molecule has 104 valence electrons. The molecule has 4 nitrogen and oxygen atoms in total. The van der Waals surface area contributed by atoms with E-state index in [0.717, 1.165) is 11.1 Å². The molecule has 0 spiro atoms. The number of nitrogens with two attached hydrogens (primary N) is 1. The second-order valence-corrected chi connectivity index (χ2v) is 7.67. The molecule has 1 unspecified atom stereocenters. The van der Waals surface area contributed by atoms with Gasteiger partial charge in [-0.3, -0.25) is 0 Å². The summed E-state index contributed by atoms with van der Waals surface area (Å²) in [5.41, 5.74) is 7.32. The molecule has 0 bridgehead atoms. The first-order chi connectivity index (χ1) is 8.95. The van der Waals surface area contributed by atoms with Crippen molar-refractivity contribution in [2.24, 2.45) is 5.73 Å². The van der Waals surface area contributed by atoms with E-state index in [-0.39, 0.29) is 12.6 Å². The van der Waals surface area contributed by atoms with Gasteiger partial charge in [0.2, 0.25) is 10.0 Å². The average molecular weight is 316 g/mol. The predicted octanol–water partition coefficient (Wildman–Crippen LogP) is 2.62. The molecule has 2 aromatic rings. The Morgan fingerprint density at radius 3 is 2.74 bits per heavy atom. The van der Waals surface area contributed by atoms with E-state index >= 15 is 0 Å². The summed E-state index contributed by atoms with van der Waals surface area (Å²) in [7, 11) is -3.53. The monoisotopic (exact) mass is 316 g/mol. The molecule has 2 heterocycles. The third kappa shape index (κ3) is 3.06. The number of hydrogen-bond donors (Lipinski definition) is 2. The van der Waals surface area contributed by atoms with Crippen LogP contribution in [0.2, 0.25) is 0 Å². The van der Waals surface area contributed by atoms with E-state index in [4.69, 9.17) is 5.73 Å². The van der Waals surface area contributed by atoms with Crippen molar-refractivity contribution in [3.63, 3.8) is 0 Å². The lowest BCUT2D eigenvalue weighted by atomic mass is 10.2. The summed E-state index contributed by atoms with van der Waals surface area (Å²) in [6, 6.07) is 1.67. The molecular formula is C12H16N2O2S3. The Morgan fingerprint density at radius 1 is 1.42 bits per heavy atom. The maximum Gasteiger partial charge on any atom is 0.242 e. The number of aryl methyl sites for hydroxylation is 1. The van der Waals surface area contributed by atoms with Gasteiger partial charge in [0, 0.05) is 17.5 Å². The van der Waals surface area contributed by atoms with Crippen LogP contribution in [-0.2, 0) is 16.6 Å². The third-order valence-electron chi connectivity index (χ3n) is 2.82. The van der Waals surface area contributed by atoms with Crippen LogP contribution in [0.5, 0.6) is 0 Å². The normalized spacial score (nSPS) is 13.6. The molecule has 2 aromatic heterocycles. The molecule has 0 aliphatic rings. The van der Waals surface area contributed by atoms with Crippen LogP contribution >= 0.6 is 22.7 Å². The summed E-state index contributed by atoms with van der Waals surface area (Å²) in [5.74, 6) is 0. The number of hydrogen-bond acceptors (Lipinski definition) is 5. The van der Waals surface area contributed by atoms with Crippen molar-refractivity contribution in [3.05, 3.63) is 38.2 Å². The summed E-state index contributed by atoms with van der Waals surface area (Å²) in [4.78, 5) is 1.03. The highest BCUT2D eigenvalue weighted by Crippen LogP contribution is 2.28. The van der Waals surface area contributed by atoms with Crippen LogP contribution in [0, 0.1) is 6.92 Å². The first-order valence-corrected chi connectivity index (χ1v) is 9.07. The van der Waals surface area contributed by atoms with Gasteiger partial charge < -0.3 is 5.73 Å². The molecule has 0 aliphatic carbocycles. The van der Waals surface area contributed by atoms with Gasteiger partial charge in [0.05, 0.1) is 0 Å². The van der Waals surface area contributed by atoms with Gasteiger partial charge >= 0.3 is 0 Å². The quantitative estimate of drug-likeness (QED) is 0.890. The standard InChI is InChI=1S/C12H16N2O2S3/c1-8-6-18-11(5-13)12(8)19(15,16)14-9(2)10-3-4-17-7-10/h3-4,6-7,9,14H,5,13H2,1-2H3. The third-order valence-corrected chi connectivity index (χ3v) is 6.55. The van der Waals surface area contributed by atoms with E-state index in [1.165, 1.54) is 11.3 Å². The lowest BCUT2D eigenvalue weighted by Gasteiger charge is -2.14. The van der Waals surface area contributed by atoms with E-state index in [0.29, 0.717) is 9.77 Å². The Kier molecular flexibility index (Phi) is 4.42. The Hall–Kier alpha value is -0.730. The van der Waals surface area contributed by atoms with Crippen LogP contribution in [0.1, 0.15) is 29.0 Å². The lowest BCUT2D eigenvalue weighted by molar-refractivity contribution is 0.566. The van der Waals surface area contributed by atoms with Gasteiger partial charge in [-0.05, 0) is 47.2 Å². The van der Waals surface area contributed by atoms with Gasteiger partial charge in [-0.2, -0.15) is 11.3 Å². The SMILES string of the molecule is Cc1csc(CN)c1S(=O)(=O)NC(C)c1ccsc1. The maximum atomic E-state index is 12.4. The number of nitrogens with one attached hydrogen (secondary N) is 1. The summed E-state index contributed by atoms with van der Waals surface area (Å²) < 4.78 is 27.6. The molecule has 3 N–H and O–H groups in total. The van der Waals surface area contributed by atoms with Gasteiger partial charge in [0.1, 0.15) is 4.90 Å². The van der Waals surface area contributed by atoms with E-state index in [1.807, 2.05) is 29.1 Å². The lowest BCUT2D eigenvalue weighted by Crippen LogP contribution is -2.27. The number of rotatable bonds is 5. The first kappa shape index (κ1) is 14.7. The zero-order valence-electron chi connectivity index (χ0n) is 10.7. The Labute approximate surface area is 121 Å². The van der Waals surface area contributed by atoms with E-state index in [2.05, 4.69) is 4.72 Å². The number of thiophene rings is 2. The van der Waals surface area contributed by atoms with Gasteiger partial charge in [-0.25, -0.2) is 13.1 Å². The Bertz CT molecular complexity index is 645. The van der Waals surface area contributed by atoms with E-state index < -0.39 is 10.0 Å². The van der Waals surface area contributed by atoms with Gasteiger partial charge in [0.15, 0.2) is 0 Å². The minimum Gasteiger partial charge on any atom is -0.326 e. The predicted molar refractivity (Wildman–Crippen MR) is 80.0 cm³/mol. The fraction of sp³-hybridized carbons (Fsp3) is 0.333. The molecular weight excluding hydrogens is 300 g/mol.